The third kappa shape index (κ3) is 3.68. The number of aliphatic hydroxyl groups is 1. The molecule has 8 heteroatoms. The number of hydrogen-bond acceptors (Lipinski definition) is 7. The Morgan fingerprint density at radius 3 is 2.89 bits per heavy atom. The fraction of sp³-hybridized carbons (Fsp3) is 0.400. The normalized spacial score (nSPS) is 19.1. The van der Waals surface area contributed by atoms with E-state index in [1.165, 1.54) is 0 Å². The first-order valence-electron chi connectivity index (χ1n) is 9.62. The standard InChI is InChI=1S/C20H24N6O2/c1-2-26-8-5-14-10-16(24-17-11-21-6-7-22-17)25-19(18(14)20(26)28)23-15-4-3-13(9-15)12-27/h5-8,10-11,13,15,27H,2-4,9,12H2,1H3,(H2,22,23,24,25)/t13-,15-/m0/s1. The number of rotatable bonds is 6. The van der Waals surface area contributed by atoms with Crippen LogP contribution in [0.4, 0.5) is 17.5 Å². The van der Waals surface area contributed by atoms with Gasteiger partial charge in [-0.1, -0.05) is 0 Å². The van der Waals surface area contributed by atoms with Crippen molar-refractivity contribution in [3.8, 4) is 0 Å². The third-order valence-corrected chi connectivity index (χ3v) is 5.26. The van der Waals surface area contributed by atoms with Crippen molar-refractivity contribution in [1.29, 1.82) is 0 Å². The first kappa shape index (κ1) is 18.4. The highest BCUT2D eigenvalue weighted by atomic mass is 16.3. The Bertz CT molecular complexity index is 1020. The molecule has 2 atom stereocenters. The van der Waals surface area contributed by atoms with Gasteiger partial charge in [0.1, 0.15) is 17.5 Å². The number of pyridine rings is 2. The van der Waals surface area contributed by atoms with E-state index in [-0.39, 0.29) is 18.2 Å². The number of aryl methyl sites for hydroxylation is 1. The molecule has 0 amide bonds. The van der Waals surface area contributed by atoms with E-state index in [0.717, 1.165) is 24.6 Å². The van der Waals surface area contributed by atoms with Crippen LogP contribution in [0.5, 0.6) is 0 Å². The first-order chi connectivity index (χ1) is 13.7. The highest BCUT2D eigenvalue weighted by Gasteiger charge is 2.25. The van der Waals surface area contributed by atoms with Crippen LogP contribution in [0.15, 0.2) is 41.7 Å². The quantitative estimate of drug-likeness (QED) is 0.603. The molecule has 3 aromatic heterocycles. The Morgan fingerprint density at radius 2 is 2.18 bits per heavy atom. The predicted molar refractivity (Wildman–Crippen MR) is 109 cm³/mol. The summed E-state index contributed by atoms with van der Waals surface area (Å²) in [7, 11) is 0. The van der Waals surface area contributed by atoms with Crippen molar-refractivity contribution in [3.05, 3.63) is 47.3 Å². The van der Waals surface area contributed by atoms with E-state index in [2.05, 4.69) is 25.6 Å². The Balaban J connectivity index is 1.75. The lowest BCUT2D eigenvalue weighted by atomic mass is 10.1. The van der Waals surface area contributed by atoms with Gasteiger partial charge in [0.05, 0.1) is 11.6 Å². The van der Waals surface area contributed by atoms with E-state index in [9.17, 15) is 9.90 Å². The SMILES string of the molecule is CCn1ccc2cc(Nc3cnccn3)nc(N[C@H]3CC[C@H](CO)C3)c2c1=O. The maximum absolute atomic E-state index is 12.9. The zero-order valence-electron chi connectivity index (χ0n) is 15.8. The molecular weight excluding hydrogens is 356 g/mol. The van der Waals surface area contributed by atoms with Crippen molar-refractivity contribution in [3.63, 3.8) is 0 Å². The number of fused-ring (bicyclic) bond motifs is 1. The molecule has 3 heterocycles. The van der Waals surface area contributed by atoms with E-state index < -0.39 is 0 Å². The zero-order valence-corrected chi connectivity index (χ0v) is 15.8. The molecular formula is C20H24N6O2. The Kier molecular flexibility index (Phi) is 5.21. The van der Waals surface area contributed by atoms with Crippen molar-refractivity contribution >= 4 is 28.2 Å². The van der Waals surface area contributed by atoms with Crippen molar-refractivity contribution in [2.24, 2.45) is 5.92 Å². The minimum absolute atomic E-state index is 0.0576. The summed E-state index contributed by atoms with van der Waals surface area (Å²) < 4.78 is 1.68. The summed E-state index contributed by atoms with van der Waals surface area (Å²) in [6, 6.07) is 3.97. The predicted octanol–water partition coefficient (Wildman–Crippen LogP) is 2.52. The smallest absolute Gasteiger partial charge is 0.262 e. The van der Waals surface area contributed by atoms with Crippen molar-refractivity contribution in [1.82, 2.24) is 19.5 Å². The van der Waals surface area contributed by atoms with Gasteiger partial charge < -0.3 is 20.3 Å². The van der Waals surface area contributed by atoms with E-state index in [4.69, 9.17) is 0 Å². The summed E-state index contributed by atoms with van der Waals surface area (Å²) in [5.41, 5.74) is -0.0576. The van der Waals surface area contributed by atoms with E-state index in [1.807, 2.05) is 19.1 Å². The van der Waals surface area contributed by atoms with Gasteiger partial charge in [-0.25, -0.2) is 9.97 Å². The second-order valence-electron chi connectivity index (χ2n) is 7.15. The Morgan fingerprint density at radius 1 is 1.29 bits per heavy atom. The fourth-order valence-corrected chi connectivity index (χ4v) is 3.78. The van der Waals surface area contributed by atoms with Crippen molar-refractivity contribution in [2.75, 3.05) is 17.2 Å². The lowest BCUT2D eigenvalue weighted by Gasteiger charge is -2.17. The van der Waals surface area contributed by atoms with Gasteiger partial charge in [0.2, 0.25) is 0 Å². The molecule has 0 saturated heterocycles. The molecule has 3 aromatic rings. The zero-order chi connectivity index (χ0) is 19.5. The second kappa shape index (κ2) is 7.93. The van der Waals surface area contributed by atoms with E-state index in [1.54, 1.807) is 29.4 Å². The summed E-state index contributed by atoms with van der Waals surface area (Å²) in [6.07, 6.45) is 9.44. The minimum atomic E-state index is -0.0576. The molecule has 0 bridgehead atoms. The van der Waals surface area contributed by atoms with Crippen LogP contribution in [0, 0.1) is 5.92 Å². The van der Waals surface area contributed by atoms with Gasteiger partial charge in [-0.3, -0.25) is 9.78 Å². The van der Waals surface area contributed by atoms with Gasteiger partial charge in [0.15, 0.2) is 0 Å². The minimum Gasteiger partial charge on any atom is -0.396 e. The van der Waals surface area contributed by atoms with Crippen LogP contribution < -0.4 is 16.2 Å². The van der Waals surface area contributed by atoms with Crippen LogP contribution >= 0.6 is 0 Å². The van der Waals surface area contributed by atoms with Crippen LogP contribution in [0.1, 0.15) is 26.2 Å². The van der Waals surface area contributed by atoms with Crippen LogP contribution in [0.25, 0.3) is 10.8 Å². The Labute approximate surface area is 162 Å². The average molecular weight is 380 g/mol. The molecule has 8 nitrogen and oxygen atoms in total. The number of anilines is 3. The number of hydrogen-bond donors (Lipinski definition) is 3. The van der Waals surface area contributed by atoms with E-state index in [0.29, 0.717) is 35.3 Å². The summed E-state index contributed by atoms with van der Waals surface area (Å²) in [5.74, 6) is 2.06. The largest absolute Gasteiger partial charge is 0.396 e. The highest BCUT2D eigenvalue weighted by molar-refractivity contribution is 5.93. The summed E-state index contributed by atoms with van der Waals surface area (Å²) in [5, 5.41) is 17.4. The molecule has 4 rings (SSSR count). The molecule has 0 aromatic carbocycles. The second-order valence-corrected chi connectivity index (χ2v) is 7.15. The first-order valence-corrected chi connectivity index (χ1v) is 9.62. The van der Waals surface area contributed by atoms with Gasteiger partial charge in [0, 0.05) is 37.8 Å². The lowest BCUT2D eigenvalue weighted by molar-refractivity contribution is 0.229. The summed E-state index contributed by atoms with van der Waals surface area (Å²) >= 11 is 0. The third-order valence-electron chi connectivity index (χ3n) is 5.26. The van der Waals surface area contributed by atoms with Gasteiger partial charge >= 0.3 is 0 Å². The van der Waals surface area contributed by atoms with Crippen molar-refractivity contribution in [2.45, 2.75) is 38.8 Å². The van der Waals surface area contributed by atoms with Crippen LogP contribution in [0.3, 0.4) is 0 Å². The maximum Gasteiger partial charge on any atom is 0.262 e. The molecule has 0 aliphatic heterocycles. The fourth-order valence-electron chi connectivity index (χ4n) is 3.78. The molecule has 28 heavy (non-hydrogen) atoms. The highest BCUT2D eigenvalue weighted by Crippen LogP contribution is 2.30. The molecule has 0 unspecified atom stereocenters. The summed E-state index contributed by atoms with van der Waals surface area (Å²) in [4.78, 5) is 25.9. The monoisotopic (exact) mass is 380 g/mol. The maximum atomic E-state index is 12.9. The molecule has 146 valence electrons. The van der Waals surface area contributed by atoms with Crippen LogP contribution in [-0.4, -0.2) is 37.3 Å². The Hall–Kier alpha value is -3.00. The van der Waals surface area contributed by atoms with Crippen molar-refractivity contribution < 1.29 is 5.11 Å². The van der Waals surface area contributed by atoms with Gasteiger partial charge in [-0.05, 0) is 49.6 Å². The molecule has 1 aliphatic carbocycles. The number of nitrogens with zero attached hydrogens (tertiary/aromatic N) is 4. The van der Waals surface area contributed by atoms with Gasteiger partial charge in [-0.15, -0.1) is 0 Å². The van der Waals surface area contributed by atoms with Crippen LogP contribution in [0.2, 0.25) is 0 Å². The molecule has 1 aliphatic rings. The van der Waals surface area contributed by atoms with Gasteiger partial charge in [0.25, 0.3) is 5.56 Å². The van der Waals surface area contributed by atoms with Gasteiger partial charge in [-0.2, -0.15) is 0 Å². The summed E-state index contributed by atoms with van der Waals surface area (Å²) in [6.45, 7) is 2.74. The molecule has 0 radical (unpaired) electrons. The molecule has 3 N–H and O–H groups in total. The molecule has 1 saturated carbocycles. The molecule has 1 fully saturated rings. The number of aromatic nitrogens is 4. The lowest BCUT2D eigenvalue weighted by Crippen LogP contribution is -2.23. The van der Waals surface area contributed by atoms with Crippen LogP contribution in [-0.2, 0) is 6.54 Å². The van der Waals surface area contributed by atoms with E-state index >= 15 is 0 Å². The topological polar surface area (TPSA) is 105 Å². The number of nitrogens with one attached hydrogen (secondary N) is 2. The molecule has 0 spiro atoms. The number of aliphatic hydroxyl groups excluding tert-OH is 1. The average Bonchev–Trinajstić information content (AvgIpc) is 3.16.